The Morgan fingerprint density at radius 2 is 1.84 bits per heavy atom. The molecule has 0 aliphatic rings. The average Bonchev–Trinajstić information content (AvgIpc) is 2.67. The summed E-state index contributed by atoms with van der Waals surface area (Å²) in [5.41, 5.74) is 9.23. The third kappa shape index (κ3) is 9.67. The Hall–Kier alpha value is -2.63. The smallest absolute Gasteiger partial charge is 0.329 e. The van der Waals surface area contributed by atoms with Gasteiger partial charge in [-0.25, -0.2) is 4.79 Å². The lowest BCUT2D eigenvalue weighted by Gasteiger charge is -2.29. The van der Waals surface area contributed by atoms with Gasteiger partial charge in [0, 0.05) is 0 Å². The summed E-state index contributed by atoms with van der Waals surface area (Å²) >= 11 is 0. The summed E-state index contributed by atoms with van der Waals surface area (Å²) in [4.78, 5) is 36.5. The molecular formula is C26H42N2O4. The van der Waals surface area contributed by atoms with Gasteiger partial charge in [0.15, 0.2) is 0 Å². The van der Waals surface area contributed by atoms with E-state index < -0.39 is 17.9 Å². The molecule has 0 heterocycles. The Labute approximate surface area is 194 Å². The van der Waals surface area contributed by atoms with E-state index in [1.54, 1.807) is 0 Å². The van der Waals surface area contributed by atoms with Crippen molar-refractivity contribution in [1.29, 1.82) is 0 Å². The van der Waals surface area contributed by atoms with Gasteiger partial charge in [0.1, 0.15) is 6.04 Å². The first-order valence-electron chi connectivity index (χ1n) is 11.5. The van der Waals surface area contributed by atoms with Crippen LogP contribution in [0.3, 0.4) is 0 Å². The van der Waals surface area contributed by atoms with E-state index in [-0.39, 0.29) is 30.8 Å². The number of benzene rings is 1. The molecule has 1 aromatic rings. The van der Waals surface area contributed by atoms with Crippen molar-refractivity contribution in [3.8, 4) is 0 Å². The van der Waals surface area contributed by atoms with Gasteiger partial charge in [-0.3, -0.25) is 9.59 Å². The number of aryl methyl sites for hydroxylation is 2. The summed E-state index contributed by atoms with van der Waals surface area (Å²) in [5.74, 6) is -1.66. The van der Waals surface area contributed by atoms with E-state index in [0.29, 0.717) is 6.42 Å². The number of ether oxygens (including phenoxy) is 1. The SMILES string of the molecule is C=CCC(C)(C)c1c(C)cc(C)cc1CC(=O)NC(CC(N)=O)C(=O)OCCCC.CC. The van der Waals surface area contributed by atoms with E-state index >= 15 is 0 Å². The van der Waals surface area contributed by atoms with Crippen molar-refractivity contribution in [3.63, 3.8) is 0 Å². The van der Waals surface area contributed by atoms with Crippen LogP contribution in [0.15, 0.2) is 24.8 Å². The predicted octanol–water partition coefficient (Wildman–Crippen LogP) is 4.43. The second-order valence-corrected chi connectivity index (χ2v) is 8.48. The lowest BCUT2D eigenvalue weighted by molar-refractivity contribution is -0.149. The minimum atomic E-state index is -1.08. The van der Waals surface area contributed by atoms with Crippen LogP contribution in [0.2, 0.25) is 0 Å². The lowest BCUT2D eigenvalue weighted by Crippen LogP contribution is -2.45. The van der Waals surface area contributed by atoms with Crippen LogP contribution in [0.1, 0.15) is 82.6 Å². The molecule has 0 aliphatic carbocycles. The van der Waals surface area contributed by atoms with Gasteiger partial charge in [0.05, 0.1) is 19.4 Å². The highest BCUT2D eigenvalue weighted by molar-refractivity contribution is 5.89. The third-order valence-electron chi connectivity index (χ3n) is 5.01. The normalized spacial score (nSPS) is 11.6. The maximum absolute atomic E-state index is 12.8. The largest absolute Gasteiger partial charge is 0.464 e. The topological polar surface area (TPSA) is 98.5 Å². The second-order valence-electron chi connectivity index (χ2n) is 8.48. The number of carbonyl (C=O) groups is 3. The van der Waals surface area contributed by atoms with Crippen LogP contribution in [0.5, 0.6) is 0 Å². The zero-order chi connectivity index (χ0) is 24.9. The molecular weight excluding hydrogens is 404 g/mol. The van der Waals surface area contributed by atoms with Gasteiger partial charge < -0.3 is 15.8 Å². The first-order chi connectivity index (χ1) is 15.0. The summed E-state index contributed by atoms with van der Waals surface area (Å²) in [7, 11) is 0. The number of allylic oxidation sites excluding steroid dienone is 1. The second kappa shape index (κ2) is 14.4. The number of nitrogens with two attached hydrogens (primary N) is 1. The maximum atomic E-state index is 12.8. The fraction of sp³-hybridized carbons (Fsp3) is 0.577. The highest BCUT2D eigenvalue weighted by Crippen LogP contribution is 2.34. The Balaban J connectivity index is 0.00000466. The molecule has 2 amide bonds. The van der Waals surface area contributed by atoms with Crippen LogP contribution in [-0.4, -0.2) is 30.4 Å². The monoisotopic (exact) mass is 446 g/mol. The number of esters is 1. The number of primary amides is 1. The Morgan fingerprint density at radius 1 is 1.22 bits per heavy atom. The number of unbranched alkanes of at least 4 members (excludes halogenated alkanes) is 1. The Kier molecular flexibility index (Phi) is 13.2. The molecule has 32 heavy (non-hydrogen) atoms. The first-order valence-corrected chi connectivity index (χ1v) is 11.5. The van der Waals surface area contributed by atoms with Crippen LogP contribution in [0.25, 0.3) is 0 Å². The minimum Gasteiger partial charge on any atom is -0.464 e. The first kappa shape index (κ1) is 29.4. The Morgan fingerprint density at radius 3 is 2.38 bits per heavy atom. The highest BCUT2D eigenvalue weighted by Gasteiger charge is 2.28. The van der Waals surface area contributed by atoms with Crippen molar-refractivity contribution in [2.75, 3.05) is 6.61 Å². The molecule has 0 radical (unpaired) electrons. The molecule has 0 saturated carbocycles. The van der Waals surface area contributed by atoms with E-state index in [4.69, 9.17) is 10.5 Å². The quantitative estimate of drug-likeness (QED) is 0.282. The summed E-state index contributed by atoms with van der Waals surface area (Å²) in [6, 6.07) is 3.01. The number of rotatable bonds is 12. The zero-order valence-corrected chi connectivity index (χ0v) is 21.0. The van der Waals surface area contributed by atoms with Gasteiger partial charge in [-0.15, -0.1) is 6.58 Å². The molecule has 1 unspecified atom stereocenters. The lowest BCUT2D eigenvalue weighted by atomic mass is 9.75. The molecule has 1 aromatic carbocycles. The van der Waals surface area contributed by atoms with Crippen molar-refractivity contribution in [1.82, 2.24) is 5.32 Å². The van der Waals surface area contributed by atoms with E-state index in [2.05, 4.69) is 31.8 Å². The standard InChI is InChI=1S/C24H36N2O4.C2H6/c1-7-9-11-30-23(29)19(15-20(25)27)26-21(28)14-18-13-16(3)12-17(4)22(18)24(5,6)10-8-2;1-2/h8,12-13,19H,2,7,9-11,14-15H2,1,3-6H3,(H2,25,27)(H,26,28);1-2H3. The van der Waals surface area contributed by atoms with Gasteiger partial charge in [-0.2, -0.15) is 0 Å². The fourth-order valence-corrected chi connectivity index (χ4v) is 3.86. The molecule has 0 saturated heterocycles. The van der Waals surface area contributed by atoms with E-state index in [1.807, 2.05) is 46.8 Å². The number of amides is 2. The summed E-state index contributed by atoms with van der Waals surface area (Å²) < 4.78 is 5.17. The van der Waals surface area contributed by atoms with E-state index in [0.717, 1.165) is 35.1 Å². The summed E-state index contributed by atoms with van der Waals surface area (Å²) in [6.45, 7) is 18.3. The number of nitrogens with one attached hydrogen (secondary N) is 1. The van der Waals surface area contributed by atoms with Crippen LogP contribution in [-0.2, 0) is 31.0 Å². The maximum Gasteiger partial charge on any atom is 0.329 e. The molecule has 0 spiro atoms. The molecule has 0 bridgehead atoms. The average molecular weight is 447 g/mol. The molecule has 6 heteroatoms. The molecule has 0 aromatic heterocycles. The molecule has 1 rings (SSSR count). The number of carbonyl (C=O) groups excluding carboxylic acids is 3. The minimum absolute atomic E-state index is 0.0932. The third-order valence-corrected chi connectivity index (χ3v) is 5.01. The van der Waals surface area contributed by atoms with Crippen molar-refractivity contribution in [3.05, 3.63) is 47.0 Å². The summed E-state index contributed by atoms with van der Waals surface area (Å²) in [6.07, 6.45) is 4.02. The van der Waals surface area contributed by atoms with Crippen molar-refractivity contribution in [2.45, 2.75) is 92.0 Å². The van der Waals surface area contributed by atoms with Gasteiger partial charge >= 0.3 is 5.97 Å². The van der Waals surface area contributed by atoms with Gasteiger partial charge in [-0.05, 0) is 48.8 Å². The molecule has 0 aliphatic heterocycles. The Bertz CT molecular complexity index is 784. The van der Waals surface area contributed by atoms with Gasteiger partial charge in [0.25, 0.3) is 0 Å². The molecule has 180 valence electrons. The molecule has 3 N–H and O–H groups in total. The number of hydrogen-bond donors (Lipinski definition) is 2. The van der Waals surface area contributed by atoms with Gasteiger partial charge in [-0.1, -0.05) is 64.8 Å². The molecule has 1 atom stereocenters. The van der Waals surface area contributed by atoms with Crippen LogP contribution in [0.4, 0.5) is 0 Å². The molecule has 6 nitrogen and oxygen atoms in total. The predicted molar refractivity (Wildman–Crippen MR) is 130 cm³/mol. The van der Waals surface area contributed by atoms with E-state index in [9.17, 15) is 14.4 Å². The van der Waals surface area contributed by atoms with E-state index in [1.165, 1.54) is 0 Å². The van der Waals surface area contributed by atoms with Crippen molar-refractivity contribution < 1.29 is 19.1 Å². The van der Waals surface area contributed by atoms with Crippen LogP contribution >= 0.6 is 0 Å². The zero-order valence-electron chi connectivity index (χ0n) is 21.0. The number of hydrogen-bond acceptors (Lipinski definition) is 4. The summed E-state index contributed by atoms with van der Waals surface area (Å²) in [5, 5.41) is 2.64. The van der Waals surface area contributed by atoms with Gasteiger partial charge in [0.2, 0.25) is 11.8 Å². The molecule has 0 fully saturated rings. The van der Waals surface area contributed by atoms with Crippen LogP contribution < -0.4 is 11.1 Å². The van der Waals surface area contributed by atoms with Crippen molar-refractivity contribution in [2.24, 2.45) is 5.73 Å². The fourth-order valence-electron chi connectivity index (χ4n) is 3.86. The van der Waals surface area contributed by atoms with Crippen LogP contribution in [0, 0.1) is 13.8 Å². The highest BCUT2D eigenvalue weighted by atomic mass is 16.5. The van der Waals surface area contributed by atoms with Crippen molar-refractivity contribution >= 4 is 17.8 Å².